The number of hydrogen-bond acceptors (Lipinski definition) is 2. The highest BCUT2D eigenvalue weighted by Crippen LogP contribution is 2.30. The SMILES string of the molecule is Cn1c(=NC(=O)C2CC2)sc2cccc(Cl)c21. The molecule has 1 fully saturated rings. The molecule has 0 bridgehead atoms. The Bertz CT molecular complexity index is 667. The van der Waals surface area contributed by atoms with Crippen LogP contribution in [0.25, 0.3) is 10.2 Å². The Morgan fingerprint density at radius 3 is 2.94 bits per heavy atom. The molecule has 1 amide bonds. The lowest BCUT2D eigenvalue weighted by Gasteiger charge is -1.97. The molecule has 1 aromatic heterocycles. The third-order valence-corrected chi connectivity index (χ3v) is 4.31. The average molecular weight is 267 g/mol. The summed E-state index contributed by atoms with van der Waals surface area (Å²) in [6, 6.07) is 5.75. The lowest BCUT2D eigenvalue weighted by molar-refractivity contribution is -0.119. The zero-order chi connectivity index (χ0) is 12.0. The fourth-order valence-corrected chi connectivity index (χ4v) is 3.19. The molecule has 0 spiro atoms. The van der Waals surface area contributed by atoms with Crippen molar-refractivity contribution in [1.82, 2.24) is 4.57 Å². The fraction of sp³-hybridized carbons (Fsp3) is 0.333. The van der Waals surface area contributed by atoms with Gasteiger partial charge in [-0.05, 0) is 25.0 Å². The van der Waals surface area contributed by atoms with Crippen LogP contribution in [0.2, 0.25) is 5.02 Å². The molecule has 17 heavy (non-hydrogen) atoms. The number of rotatable bonds is 1. The second kappa shape index (κ2) is 3.96. The van der Waals surface area contributed by atoms with Gasteiger partial charge in [0.1, 0.15) is 0 Å². The lowest BCUT2D eigenvalue weighted by atomic mass is 10.3. The summed E-state index contributed by atoms with van der Waals surface area (Å²) in [5, 5.41) is 0.696. The van der Waals surface area contributed by atoms with E-state index in [9.17, 15) is 4.79 Å². The summed E-state index contributed by atoms with van der Waals surface area (Å²) in [6.45, 7) is 0. The van der Waals surface area contributed by atoms with Crippen LogP contribution in [-0.4, -0.2) is 10.5 Å². The van der Waals surface area contributed by atoms with E-state index in [0.29, 0.717) is 5.02 Å². The van der Waals surface area contributed by atoms with Crippen LogP contribution in [-0.2, 0) is 11.8 Å². The Hall–Kier alpha value is -1.13. The maximum absolute atomic E-state index is 11.7. The van der Waals surface area contributed by atoms with Crippen LogP contribution in [0.15, 0.2) is 23.2 Å². The molecular weight excluding hydrogens is 256 g/mol. The summed E-state index contributed by atoms with van der Waals surface area (Å²) in [7, 11) is 1.89. The first-order chi connectivity index (χ1) is 8.16. The van der Waals surface area contributed by atoms with Crippen molar-refractivity contribution in [2.75, 3.05) is 0 Å². The smallest absolute Gasteiger partial charge is 0.251 e. The largest absolute Gasteiger partial charge is 0.318 e. The van der Waals surface area contributed by atoms with E-state index in [4.69, 9.17) is 11.6 Å². The first kappa shape index (κ1) is 11.0. The number of halogens is 1. The molecule has 0 unspecified atom stereocenters. The van der Waals surface area contributed by atoms with Crippen LogP contribution in [0.5, 0.6) is 0 Å². The monoisotopic (exact) mass is 266 g/mol. The number of amides is 1. The highest BCUT2D eigenvalue weighted by molar-refractivity contribution is 7.16. The topological polar surface area (TPSA) is 34.4 Å². The van der Waals surface area contributed by atoms with E-state index in [-0.39, 0.29) is 11.8 Å². The van der Waals surface area contributed by atoms with Crippen molar-refractivity contribution in [3.05, 3.63) is 28.0 Å². The van der Waals surface area contributed by atoms with Gasteiger partial charge in [0.15, 0.2) is 4.80 Å². The summed E-state index contributed by atoms with van der Waals surface area (Å²) >= 11 is 7.65. The van der Waals surface area contributed by atoms with Crippen molar-refractivity contribution in [3.63, 3.8) is 0 Å². The molecule has 0 aliphatic heterocycles. The first-order valence-electron chi connectivity index (χ1n) is 5.49. The molecule has 3 nitrogen and oxygen atoms in total. The van der Waals surface area contributed by atoms with E-state index in [1.807, 2.05) is 29.8 Å². The maximum Gasteiger partial charge on any atom is 0.251 e. The molecule has 5 heteroatoms. The predicted octanol–water partition coefficient (Wildman–Crippen LogP) is 2.73. The molecule has 88 valence electrons. The molecule has 1 aliphatic carbocycles. The molecule has 0 saturated heterocycles. The number of benzene rings is 1. The van der Waals surface area contributed by atoms with Crippen LogP contribution in [0.1, 0.15) is 12.8 Å². The number of fused-ring (bicyclic) bond motifs is 1. The normalized spacial score (nSPS) is 16.7. The van der Waals surface area contributed by atoms with Gasteiger partial charge in [0.25, 0.3) is 5.91 Å². The van der Waals surface area contributed by atoms with Crippen molar-refractivity contribution in [1.29, 1.82) is 0 Å². The second-order valence-electron chi connectivity index (χ2n) is 4.25. The number of carbonyl (C=O) groups is 1. The van der Waals surface area contributed by atoms with Gasteiger partial charge in [-0.15, -0.1) is 0 Å². The van der Waals surface area contributed by atoms with Gasteiger partial charge < -0.3 is 4.57 Å². The minimum atomic E-state index is 0.00304. The van der Waals surface area contributed by atoms with Crippen molar-refractivity contribution < 1.29 is 4.79 Å². The van der Waals surface area contributed by atoms with Gasteiger partial charge in [-0.25, -0.2) is 0 Å². The van der Waals surface area contributed by atoms with Crippen molar-refractivity contribution >= 4 is 39.1 Å². The molecule has 0 radical (unpaired) electrons. The molecule has 1 aromatic carbocycles. The molecule has 2 aromatic rings. The van der Waals surface area contributed by atoms with E-state index in [1.165, 1.54) is 11.3 Å². The average Bonchev–Trinajstić information content (AvgIpc) is 3.07. The minimum Gasteiger partial charge on any atom is -0.318 e. The van der Waals surface area contributed by atoms with Gasteiger partial charge >= 0.3 is 0 Å². The minimum absolute atomic E-state index is 0.00304. The van der Waals surface area contributed by atoms with Gasteiger partial charge in [-0.1, -0.05) is 29.0 Å². The van der Waals surface area contributed by atoms with Gasteiger partial charge in [-0.3, -0.25) is 4.79 Å². The van der Waals surface area contributed by atoms with Crippen molar-refractivity contribution in [3.8, 4) is 0 Å². The highest BCUT2D eigenvalue weighted by Gasteiger charge is 2.29. The van der Waals surface area contributed by atoms with E-state index in [0.717, 1.165) is 27.9 Å². The Kier molecular flexibility index (Phi) is 2.56. The van der Waals surface area contributed by atoms with Crippen LogP contribution in [0.3, 0.4) is 0 Å². The van der Waals surface area contributed by atoms with Crippen LogP contribution in [0, 0.1) is 5.92 Å². The highest BCUT2D eigenvalue weighted by atomic mass is 35.5. The standard InChI is InChI=1S/C12H11ClN2OS/c1-15-10-8(13)3-2-4-9(10)17-12(15)14-11(16)7-5-6-7/h2-4,7H,5-6H2,1H3. The van der Waals surface area contributed by atoms with E-state index >= 15 is 0 Å². The number of carbonyl (C=O) groups excluding carboxylic acids is 1. The van der Waals surface area contributed by atoms with Gasteiger partial charge in [0.2, 0.25) is 0 Å². The lowest BCUT2D eigenvalue weighted by Crippen LogP contribution is -2.13. The Morgan fingerprint density at radius 1 is 1.53 bits per heavy atom. The fourth-order valence-electron chi connectivity index (χ4n) is 1.78. The summed E-state index contributed by atoms with van der Waals surface area (Å²) < 4.78 is 2.95. The molecule has 1 saturated carbocycles. The molecule has 0 N–H and O–H groups in total. The Morgan fingerprint density at radius 2 is 2.29 bits per heavy atom. The zero-order valence-electron chi connectivity index (χ0n) is 9.31. The maximum atomic E-state index is 11.7. The Labute approximate surface area is 107 Å². The summed E-state index contributed by atoms with van der Waals surface area (Å²) in [6.07, 6.45) is 1.97. The van der Waals surface area contributed by atoms with Crippen molar-refractivity contribution in [2.45, 2.75) is 12.8 Å². The zero-order valence-corrected chi connectivity index (χ0v) is 10.9. The molecule has 3 rings (SSSR count). The third-order valence-electron chi connectivity index (χ3n) is 2.91. The summed E-state index contributed by atoms with van der Waals surface area (Å²) in [4.78, 5) is 16.6. The van der Waals surface area contributed by atoms with Gasteiger partial charge in [0.05, 0.1) is 15.2 Å². The van der Waals surface area contributed by atoms with E-state index < -0.39 is 0 Å². The number of para-hydroxylation sites is 1. The first-order valence-corrected chi connectivity index (χ1v) is 6.69. The summed E-state index contributed by atoms with van der Waals surface area (Å²) in [5.41, 5.74) is 0.946. The number of nitrogens with zero attached hydrogens (tertiary/aromatic N) is 2. The van der Waals surface area contributed by atoms with Crippen LogP contribution < -0.4 is 4.80 Å². The van der Waals surface area contributed by atoms with Crippen molar-refractivity contribution in [2.24, 2.45) is 18.0 Å². The number of thiazole rings is 1. The molecule has 0 atom stereocenters. The Balaban J connectivity index is 2.20. The molecule has 1 aliphatic rings. The van der Waals surface area contributed by atoms with Crippen LogP contribution >= 0.6 is 22.9 Å². The van der Waals surface area contributed by atoms with E-state index in [1.54, 1.807) is 0 Å². The second-order valence-corrected chi connectivity index (χ2v) is 5.67. The number of aryl methyl sites for hydroxylation is 1. The molecule has 1 heterocycles. The van der Waals surface area contributed by atoms with E-state index in [2.05, 4.69) is 4.99 Å². The van der Waals surface area contributed by atoms with Gasteiger partial charge in [-0.2, -0.15) is 4.99 Å². The van der Waals surface area contributed by atoms with Gasteiger partial charge in [0, 0.05) is 13.0 Å². The van der Waals surface area contributed by atoms with Crippen LogP contribution in [0.4, 0.5) is 0 Å². The summed E-state index contributed by atoms with van der Waals surface area (Å²) in [5.74, 6) is 0.166. The number of aromatic nitrogens is 1. The third kappa shape index (κ3) is 1.91. The predicted molar refractivity (Wildman–Crippen MR) is 69.1 cm³/mol. The quantitative estimate of drug-likeness (QED) is 0.782. The molecular formula is C12H11ClN2OS. The number of hydrogen-bond donors (Lipinski definition) is 0.